The molecule has 1 aliphatic heterocycles. The van der Waals surface area contributed by atoms with Crippen LogP contribution in [0.25, 0.3) is 27.5 Å². The van der Waals surface area contributed by atoms with Crippen LogP contribution in [-0.4, -0.2) is 100 Å². The Kier molecular flexibility index (Phi) is 11.8. The Morgan fingerprint density at radius 3 is 2.57 bits per heavy atom. The average Bonchev–Trinajstić information content (AvgIpc) is 3.18. The largest absolute Gasteiger partial charge is 0.463 e. The molecule has 5 aromatic rings. The summed E-state index contributed by atoms with van der Waals surface area (Å²) < 4.78 is 70.2. The quantitative estimate of drug-likeness (QED) is 0.146. The van der Waals surface area contributed by atoms with Crippen LogP contribution >= 0.6 is 0 Å². The number of ether oxygens (including phenoxy) is 2. The molecule has 0 saturated carbocycles. The molecule has 13 nitrogen and oxygen atoms in total. The van der Waals surface area contributed by atoms with Gasteiger partial charge in [0.05, 0.1) is 47.1 Å². The van der Waals surface area contributed by atoms with E-state index in [1.54, 1.807) is 18.2 Å². The second kappa shape index (κ2) is 16.6. The number of aromatic nitrogens is 4. The molecule has 0 aliphatic carbocycles. The fourth-order valence-corrected chi connectivity index (χ4v) is 7.00. The monoisotopic (exact) mass is 779 g/mol. The van der Waals surface area contributed by atoms with E-state index < -0.39 is 59.4 Å². The first-order valence-corrected chi connectivity index (χ1v) is 18.1. The average molecular weight is 780 g/mol. The SMILES string of the molecule is CCN(CC)CCOC(=O)[C@H](Cc1ccc(-n2c(=O)c3ccncc3n(C)c2=O)c2ncccc12)NC(=O)c1c(C)cc(N2CCOCC2C(F)(F)F)cc1F. The smallest absolute Gasteiger partial charge is 0.411 e. The van der Waals surface area contributed by atoms with Crippen molar-refractivity contribution in [2.75, 3.05) is 50.9 Å². The van der Waals surface area contributed by atoms with Gasteiger partial charge in [0, 0.05) is 50.0 Å². The Hall–Kier alpha value is -5.68. The zero-order valence-corrected chi connectivity index (χ0v) is 31.2. The summed E-state index contributed by atoms with van der Waals surface area (Å²) in [6.07, 6.45) is -0.459. The maximum Gasteiger partial charge on any atom is 0.411 e. The third-order valence-corrected chi connectivity index (χ3v) is 10.1. The maximum atomic E-state index is 15.8. The van der Waals surface area contributed by atoms with E-state index in [1.807, 2.05) is 18.7 Å². The molecule has 3 aromatic heterocycles. The number of esters is 1. The van der Waals surface area contributed by atoms with E-state index in [-0.39, 0.29) is 54.0 Å². The number of aryl methyl sites for hydroxylation is 2. The second-order valence-corrected chi connectivity index (χ2v) is 13.4. The molecule has 1 amide bonds. The molecule has 4 heterocycles. The highest BCUT2D eigenvalue weighted by Crippen LogP contribution is 2.33. The van der Waals surface area contributed by atoms with Crippen LogP contribution in [0, 0.1) is 12.7 Å². The van der Waals surface area contributed by atoms with E-state index in [2.05, 4.69) is 15.3 Å². The predicted octanol–water partition coefficient (Wildman–Crippen LogP) is 4.07. The van der Waals surface area contributed by atoms with E-state index in [0.29, 0.717) is 36.1 Å². The van der Waals surface area contributed by atoms with Crippen molar-refractivity contribution in [3.05, 3.63) is 104 Å². The molecule has 2 aromatic carbocycles. The standard InChI is InChI=1S/C39H41F4N7O6/c1-5-48(6-2)14-17-56-37(53)29(46-35(51)33-23(3)18-25(20-28(33)40)49-15-16-55-22-32(49)39(41,42)43)19-24-9-10-30(34-26(24)8-7-12-45-34)50-36(52)27-11-13-44-21-31(27)47(4)38(50)54/h7-13,18,20-21,29,32H,5-6,14-17,19,22H2,1-4H3,(H,46,51)/t29-,32?/m0/s1. The lowest BCUT2D eigenvalue weighted by Crippen LogP contribution is -2.53. The molecular formula is C39H41F4N7O6. The number of fused-ring (bicyclic) bond motifs is 2. The molecule has 0 spiro atoms. The number of amides is 1. The number of carbonyl (C=O) groups excluding carboxylic acids is 2. The van der Waals surface area contributed by atoms with E-state index in [4.69, 9.17) is 9.47 Å². The summed E-state index contributed by atoms with van der Waals surface area (Å²) in [5.74, 6) is -2.86. The highest BCUT2D eigenvalue weighted by atomic mass is 19.4. The van der Waals surface area contributed by atoms with Gasteiger partial charge in [0.1, 0.15) is 24.5 Å². The van der Waals surface area contributed by atoms with Gasteiger partial charge in [0.15, 0.2) is 0 Å². The van der Waals surface area contributed by atoms with Crippen LogP contribution in [0.4, 0.5) is 23.2 Å². The van der Waals surface area contributed by atoms with Gasteiger partial charge in [-0.15, -0.1) is 0 Å². The zero-order valence-electron chi connectivity index (χ0n) is 31.2. The van der Waals surface area contributed by atoms with Crippen molar-refractivity contribution in [2.24, 2.45) is 7.05 Å². The molecule has 1 N–H and O–H groups in total. The minimum atomic E-state index is -4.64. The minimum Gasteiger partial charge on any atom is -0.463 e. The molecule has 1 unspecified atom stereocenters. The number of nitrogens with zero attached hydrogens (tertiary/aromatic N) is 6. The number of halogens is 4. The molecule has 56 heavy (non-hydrogen) atoms. The molecule has 2 atom stereocenters. The van der Waals surface area contributed by atoms with Crippen molar-refractivity contribution in [3.63, 3.8) is 0 Å². The molecule has 17 heteroatoms. The van der Waals surface area contributed by atoms with Crippen LogP contribution in [-0.2, 0) is 27.7 Å². The Balaban J connectivity index is 1.36. The number of alkyl halides is 3. The topological polar surface area (TPSA) is 141 Å². The van der Waals surface area contributed by atoms with Crippen molar-refractivity contribution < 1.29 is 36.6 Å². The lowest BCUT2D eigenvalue weighted by Gasteiger charge is -2.38. The van der Waals surface area contributed by atoms with Gasteiger partial charge in [-0.2, -0.15) is 13.2 Å². The van der Waals surface area contributed by atoms with Crippen molar-refractivity contribution in [2.45, 2.75) is 45.5 Å². The first-order valence-electron chi connectivity index (χ1n) is 18.1. The molecule has 1 saturated heterocycles. The number of morpholine rings is 1. The molecule has 296 valence electrons. The summed E-state index contributed by atoms with van der Waals surface area (Å²) in [5, 5.41) is 3.32. The molecule has 1 aliphatic rings. The van der Waals surface area contributed by atoms with Crippen molar-refractivity contribution in [1.29, 1.82) is 0 Å². The number of carbonyl (C=O) groups is 2. The van der Waals surface area contributed by atoms with Gasteiger partial charge >= 0.3 is 17.8 Å². The van der Waals surface area contributed by atoms with Gasteiger partial charge in [-0.3, -0.25) is 24.1 Å². The van der Waals surface area contributed by atoms with Crippen molar-refractivity contribution >= 4 is 39.4 Å². The highest BCUT2D eigenvalue weighted by Gasteiger charge is 2.45. The third-order valence-electron chi connectivity index (χ3n) is 10.1. The predicted molar refractivity (Wildman–Crippen MR) is 201 cm³/mol. The van der Waals surface area contributed by atoms with E-state index >= 15 is 4.39 Å². The van der Waals surface area contributed by atoms with Crippen molar-refractivity contribution in [3.8, 4) is 5.69 Å². The maximum absolute atomic E-state index is 15.8. The molecule has 0 radical (unpaired) electrons. The summed E-state index contributed by atoms with van der Waals surface area (Å²) in [7, 11) is 1.52. The van der Waals surface area contributed by atoms with Gasteiger partial charge in [-0.1, -0.05) is 26.0 Å². The number of pyridine rings is 2. The minimum absolute atomic E-state index is 0.000172. The van der Waals surface area contributed by atoms with Crippen LogP contribution in [0.5, 0.6) is 0 Å². The van der Waals surface area contributed by atoms with E-state index in [9.17, 15) is 32.3 Å². The van der Waals surface area contributed by atoms with Crippen LogP contribution in [0.2, 0.25) is 0 Å². The first-order chi connectivity index (χ1) is 26.7. The Morgan fingerprint density at radius 1 is 1.09 bits per heavy atom. The third kappa shape index (κ3) is 8.00. The van der Waals surface area contributed by atoms with E-state index in [1.165, 1.54) is 55.3 Å². The summed E-state index contributed by atoms with van der Waals surface area (Å²) in [6.45, 7) is 6.40. The van der Waals surface area contributed by atoms with E-state index in [0.717, 1.165) is 15.5 Å². The van der Waals surface area contributed by atoms with Crippen molar-refractivity contribution in [1.82, 2.24) is 29.3 Å². The van der Waals surface area contributed by atoms with Crippen LogP contribution in [0.1, 0.15) is 35.3 Å². The molecule has 1 fully saturated rings. The Bertz CT molecular complexity index is 2370. The van der Waals surface area contributed by atoms with Crippen LogP contribution < -0.4 is 21.5 Å². The first kappa shape index (κ1) is 40.0. The van der Waals surface area contributed by atoms with Gasteiger partial charge in [-0.25, -0.2) is 18.5 Å². The number of anilines is 1. The van der Waals surface area contributed by atoms with Gasteiger partial charge in [0.25, 0.3) is 11.5 Å². The molecule has 6 rings (SSSR count). The summed E-state index contributed by atoms with van der Waals surface area (Å²) >= 11 is 0. The Morgan fingerprint density at radius 2 is 1.86 bits per heavy atom. The van der Waals surface area contributed by atoms with Gasteiger partial charge < -0.3 is 24.6 Å². The van der Waals surface area contributed by atoms with Crippen LogP contribution in [0.3, 0.4) is 0 Å². The zero-order chi connectivity index (χ0) is 40.3. The summed E-state index contributed by atoms with van der Waals surface area (Å²) in [6, 6.07) is 6.76. The fourth-order valence-electron chi connectivity index (χ4n) is 7.00. The molecular weight excluding hydrogens is 738 g/mol. The second-order valence-electron chi connectivity index (χ2n) is 13.4. The number of likely N-dealkylation sites (N-methyl/N-ethyl adjacent to an activating group) is 1. The van der Waals surface area contributed by atoms with Gasteiger partial charge in [0.2, 0.25) is 0 Å². The number of hydrogen-bond acceptors (Lipinski definition) is 10. The van der Waals surface area contributed by atoms with Gasteiger partial charge in [-0.05, 0) is 61.5 Å². The molecule has 0 bridgehead atoms. The normalized spacial score (nSPS) is 15.4. The summed E-state index contributed by atoms with van der Waals surface area (Å²) in [4.78, 5) is 66.3. The summed E-state index contributed by atoms with van der Waals surface area (Å²) in [5.41, 5.74) is -0.413. The lowest BCUT2D eigenvalue weighted by molar-refractivity contribution is -0.167. The lowest BCUT2D eigenvalue weighted by atomic mass is 9.99. The van der Waals surface area contributed by atoms with Crippen LogP contribution in [0.15, 0.2) is 70.6 Å². The number of nitrogens with one attached hydrogen (secondary N) is 1. The highest BCUT2D eigenvalue weighted by molar-refractivity contribution is 5.99. The number of rotatable bonds is 12. The number of benzene rings is 2. The number of hydrogen-bond donors (Lipinski definition) is 1. The Labute approximate surface area is 318 Å². The fraction of sp³-hybridized carbons (Fsp3) is 0.385.